The fraction of sp³-hybridized carbons (Fsp3) is 0.286. The summed E-state index contributed by atoms with van der Waals surface area (Å²) in [7, 11) is 6.23. The number of carbonyl (C=O) groups is 1. The maximum Gasteiger partial charge on any atom is 0.345 e. The van der Waals surface area contributed by atoms with Gasteiger partial charge in [0.2, 0.25) is 0 Å². The molecule has 0 aliphatic carbocycles. The number of aromatic nitrogens is 3. The zero-order chi connectivity index (χ0) is 21.7. The molecule has 0 unspecified atom stereocenters. The third-order valence-electron chi connectivity index (χ3n) is 4.65. The van der Waals surface area contributed by atoms with E-state index in [1.807, 2.05) is 12.1 Å². The summed E-state index contributed by atoms with van der Waals surface area (Å²) in [4.78, 5) is 25.1. The molecule has 0 saturated heterocycles. The lowest BCUT2D eigenvalue weighted by Gasteiger charge is -2.12. The van der Waals surface area contributed by atoms with Crippen LogP contribution in [0.15, 0.2) is 47.3 Å². The number of para-hydroxylation sites is 1. The highest BCUT2D eigenvalue weighted by atomic mass is 16.5. The number of amides is 1. The first-order valence-electron chi connectivity index (χ1n) is 9.27. The Balaban J connectivity index is 1.71. The van der Waals surface area contributed by atoms with E-state index < -0.39 is 0 Å². The Hall–Kier alpha value is -3.75. The summed E-state index contributed by atoms with van der Waals surface area (Å²) in [5, 5.41) is 7.18. The molecule has 1 aromatic heterocycles. The summed E-state index contributed by atoms with van der Waals surface area (Å²) in [6.07, 6.45) is 0. The Bertz CT molecular complexity index is 1090. The van der Waals surface area contributed by atoms with Crippen LogP contribution in [0.4, 0.5) is 0 Å². The first kappa shape index (κ1) is 21.0. The van der Waals surface area contributed by atoms with Gasteiger partial charge in [0, 0.05) is 19.2 Å². The lowest BCUT2D eigenvalue weighted by Crippen LogP contribution is -2.32. The largest absolute Gasteiger partial charge is 0.497 e. The predicted molar refractivity (Wildman–Crippen MR) is 111 cm³/mol. The van der Waals surface area contributed by atoms with Crippen LogP contribution in [-0.4, -0.2) is 48.1 Å². The quantitative estimate of drug-likeness (QED) is 0.605. The monoisotopic (exact) mass is 412 g/mol. The number of rotatable bonds is 8. The van der Waals surface area contributed by atoms with Gasteiger partial charge in [-0.2, -0.15) is 0 Å². The number of benzene rings is 2. The number of hydrogen-bond donors (Lipinski definition) is 1. The Labute approximate surface area is 173 Å². The van der Waals surface area contributed by atoms with Crippen molar-refractivity contribution < 1.29 is 19.0 Å². The SMILES string of the molecule is COc1ccc(-c2nn(CCNC(=O)c3cccc(OC)c3OC)c(=O)n2C)cc1. The summed E-state index contributed by atoms with van der Waals surface area (Å²) < 4.78 is 18.5. The van der Waals surface area contributed by atoms with Crippen LogP contribution in [0.1, 0.15) is 10.4 Å². The molecular weight excluding hydrogens is 388 g/mol. The van der Waals surface area contributed by atoms with Gasteiger partial charge in [-0.3, -0.25) is 9.36 Å². The van der Waals surface area contributed by atoms with Crippen molar-refractivity contribution in [1.29, 1.82) is 0 Å². The van der Waals surface area contributed by atoms with Gasteiger partial charge in [0.15, 0.2) is 17.3 Å². The molecule has 3 aromatic rings. The minimum absolute atomic E-state index is 0.220. The van der Waals surface area contributed by atoms with Crippen LogP contribution in [-0.2, 0) is 13.6 Å². The Kier molecular flexibility index (Phi) is 6.41. The summed E-state index contributed by atoms with van der Waals surface area (Å²) in [5.41, 5.74) is 0.873. The third kappa shape index (κ3) is 4.14. The molecule has 2 aromatic carbocycles. The van der Waals surface area contributed by atoms with Gasteiger partial charge < -0.3 is 19.5 Å². The molecule has 0 fully saturated rings. The van der Waals surface area contributed by atoms with Gasteiger partial charge in [-0.15, -0.1) is 5.10 Å². The van der Waals surface area contributed by atoms with Gasteiger partial charge in [0.25, 0.3) is 5.91 Å². The van der Waals surface area contributed by atoms with Crippen molar-refractivity contribution in [3.63, 3.8) is 0 Å². The second kappa shape index (κ2) is 9.17. The van der Waals surface area contributed by atoms with Gasteiger partial charge in [-0.25, -0.2) is 9.48 Å². The molecule has 0 aliphatic heterocycles. The van der Waals surface area contributed by atoms with Crippen LogP contribution < -0.4 is 25.2 Å². The van der Waals surface area contributed by atoms with Crippen molar-refractivity contribution in [3.8, 4) is 28.6 Å². The Morgan fingerprint density at radius 2 is 1.77 bits per heavy atom. The van der Waals surface area contributed by atoms with Crippen LogP contribution >= 0.6 is 0 Å². The molecule has 3 rings (SSSR count). The average molecular weight is 412 g/mol. The molecule has 1 amide bonds. The molecule has 0 bridgehead atoms. The van der Waals surface area contributed by atoms with Crippen LogP contribution in [0.5, 0.6) is 17.2 Å². The highest BCUT2D eigenvalue weighted by Gasteiger charge is 2.17. The summed E-state index contributed by atoms with van der Waals surface area (Å²) in [5.74, 6) is 1.75. The van der Waals surface area contributed by atoms with Crippen molar-refractivity contribution in [1.82, 2.24) is 19.7 Å². The molecule has 0 aliphatic rings. The maximum atomic E-state index is 12.6. The second-order valence-corrected chi connectivity index (χ2v) is 6.41. The smallest absolute Gasteiger partial charge is 0.345 e. The highest BCUT2D eigenvalue weighted by molar-refractivity contribution is 5.97. The zero-order valence-electron chi connectivity index (χ0n) is 17.3. The molecule has 0 atom stereocenters. The minimum atomic E-state index is -0.329. The van der Waals surface area contributed by atoms with E-state index >= 15 is 0 Å². The van der Waals surface area contributed by atoms with Crippen LogP contribution in [0, 0.1) is 0 Å². The molecule has 1 heterocycles. The van der Waals surface area contributed by atoms with E-state index in [0.29, 0.717) is 22.9 Å². The molecule has 30 heavy (non-hydrogen) atoms. The molecule has 1 N–H and O–H groups in total. The van der Waals surface area contributed by atoms with E-state index in [1.54, 1.807) is 44.5 Å². The van der Waals surface area contributed by atoms with E-state index in [4.69, 9.17) is 14.2 Å². The average Bonchev–Trinajstić information content (AvgIpc) is 3.07. The van der Waals surface area contributed by atoms with E-state index in [2.05, 4.69) is 10.4 Å². The van der Waals surface area contributed by atoms with Gasteiger partial charge >= 0.3 is 5.69 Å². The first-order chi connectivity index (χ1) is 14.5. The highest BCUT2D eigenvalue weighted by Crippen LogP contribution is 2.30. The normalized spacial score (nSPS) is 10.5. The molecule has 9 heteroatoms. The number of carbonyl (C=O) groups excluding carboxylic acids is 1. The number of hydrogen-bond acceptors (Lipinski definition) is 6. The van der Waals surface area contributed by atoms with E-state index in [1.165, 1.54) is 23.5 Å². The van der Waals surface area contributed by atoms with Crippen molar-refractivity contribution in [2.75, 3.05) is 27.9 Å². The summed E-state index contributed by atoms with van der Waals surface area (Å²) in [6, 6.07) is 12.3. The molecule has 9 nitrogen and oxygen atoms in total. The van der Waals surface area contributed by atoms with Crippen molar-refractivity contribution >= 4 is 5.91 Å². The van der Waals surface area contributed by atoms with E-state index in [-0.39, 0.29) is 24.7 Å². The van der Waals surface area contributed by atoms with Gasteiger partial charge in [0.1, 0.15) is 5.75 Å². The number of ether oxygens (including phenoxy) is 3. The fourth-order valence-corrected chi connectivity index (χ4v) is 3.06. The molecule has 0 saturated carbocycles. The third-order valence-corrected chi connectivity index (χ3v) is 4.65. The van der Waals surface area contributed by atoms with Crippen LogP contribution in [0.3, 0.4) is 0 Å². The molecule has 0 spiro atoms. The van der Waals surface area contributed by atoms with Crippen molar-refractivity contribution in [2.45, 2.75) is 6.54 Å². The van der Waals surface area contributed by atoms with Crippen molar-refractivity contribution in [3.05, 3.63) is 58.5 Å². The van der Waals surface area contributed by atoms with Gasteiger partial charge in [0.05, 0.1) is 33.4 Å². The maximum absolute atomic E-state index is 12.6. The lowest BCUT2D eigenvalue weighted by atomic mass is 10.1. The number of nitrogens with zero attached hydrogens (tertiary/aromatic N) is 3. The van der Waals surface area contributed by atoms with E-state index in [9.17, 15) is 9.59 Å². The summed E-state index contributed by atoms with van der Waals surface area (Å²) >= 11 is 0. The van der Waals surface area contributed by atoms with Crippen LogP contribution in [0.25, 0.3) is 11.4 Å². The fourth-order valence-electron chi connectivity index (χ4n) is 3.06. The predicted octanol–water partition coefficient (Wildman–Crippen LogP) is 1.70. The second-order valence-electron chi connectivity index (χ2n) is 6.41. The molecule has 158 valence electrons. The minimum Gasteiger partial charge on any atom is -0.497 e. The van der Waals surface area contributed by atoms with E-state index in [0.717, 1.165) is 11.3 Å². The molecular formula is C21H24N4O5. The topological polar surface area (TPSA) is 96.6 Å². The van der Waals surface area contributed by atoms with Gasteiger partial charge in [-0.1, -0.05) is 6.07 Å². The zero-order valence-corrected chi connectivity index (χ0v) is 17.3. The first-order valence-corrected chi connectivity index (χ1v) is 9.27. The van der Waals surface area contributed by atoms with Crippen molar-refractivity contribution in [2.24, 2.45) is 7.05 Å². The Morgan fingerprint density at radius 1 is 1.03 bits per heavy atom. The number of nitrogens with one attached hydrogen (secondary N) is 1. The Morgan fingerprint density at radius 3 is 2.40 bits per heavy atom. The van der Waals surface area contributed by atoms with Crippen LogP contribution in [0.2, 0.25) is 0 Å². The summed E-state index contributed by atoms with van der Waals surface area (Å²) in [6.45, 7) is 0.443. The standard InChI is InChI=1S/C21H24N4O5/c1-24-19(14-8-10-15(28-2)11-9-14)23-25(21(24)27)13-12-22-20(26)16-6-5-7-17(29-3)18(16)30-4/h5-11H,12-13H2,1-4H3,(H,22,26). The lowest BCUT2D eigenvalue weighted by molar-refractivity contribution is 0.0948. The van der Waals surface area contributed by atoms with Gasteiger partial charge in [-0.05, 0) is 36.4 Å². The number of methoxy groups -OCH3 is 3. The molecule has 0 radical (unpaired) electrons.